The number of hydrogen-bond donors (Lipinski definition) is 2. The van der Waals surface area contributed by atoms with E-state index in [0.29, 0.717) is 12.6 Å². The molecule has 1 atom stereocenters. The number of nitro groups is 1. The molecule has 0 spiro atoms. The van der Waals surface area contributed by atoms with Gasteiger partial charge in [-0.25, -0.2) is 4.98 Å². The molecule has 0 aliphatic carbocycles. The maximum absolute atomic E-state index is 11.3. The minimum atomic E-state index is -0.794. The van der Waals surface area contributed by atoms with Crippen molar-refractivity contribution in [2.75, 3.05) is 13.2 Å². The van der Waals surface area contributed by atoms with Gasteiger partial charge in [0.15, 0.2) is 0 Å². The molecular weight excluding hydrogens is 276 g/mol. The van der Waals surface area contributed by atoms with Crippen molar-refractivity contribution in [3.8, 4) is 5.88 Å². The number of rotatable bonds is 6. The van der Waals surface area contributed by atoms with Gasteiger partial charge in [-0.05, 0) is 25.8 Å². The number of nitrogens with two attached hydrogens (primary N) is 1. The highest BCUT2D eigenvalue weighted by Gasteiger charge is 2.18. The lowest BCUT2D eigenvalue weighted by Gasteiger charge is -2.23. The van der Waals surface area contributed by atoms with Crippen LogP contribution in [-0.2, 0) is 0 Å². The molecule has 0 saturated carbocycles. The molecule has 2 heterocycles. The van der Waals surface area contributed by atoms with Gasteiger partial charge in [-0.1, -0.05) is 6.42 Å². The van der Waals surface area contributed by atoms with Gasteiger partial charge in [-0.2, -0.15) is 0 Å². The summed E-state index contributed by atoms with van der Waals surface area (Å²) >= 11 is 0. The monoisotopic (exact) mass is 294 g/mol. The summed E-state index contributed by atoms with van der Waals surface area (Å²) in [5.41, 5.74) is 4.85. The number of aromatic nitrogens is 1. The Morgan fingerprint density at radius 3 is 3.00 bits per heavy atom. The first kappa shape index (κ1) is 15.2. The van der Waals surface area contributed by atoms with Crippen LogP contribution in [0.15, 0.2) is 12.3 Å². The van der Waals surface area contributed by atoms with E-state index in [9.17, 15) is 14.9 Å². The van der Waals surface area contributed by atoms with Crippen molar-refractivity contribution in [3.05, 3.63) is 27.9 Å². The van der Waals surface area contributed by atoms with E-state index in [1.807, 2.05) is 0 Å². The van der Waals surface area contributed by atoms with Crippen LogP contribution in [0.2, 0.25) is 0 Å². The van der Waals surface area contributed by atoms with Gasteiger partial charge in [0.05, 0.1) is 11.5 Å². The third kappa shape index (κ3) is 4.12. The number of ether oxygens (including phenoxy) is 1. The number of piperidine rings is 1. The van der Waals surface area contributed by atoms with E-state index in [2.05, 4.69) is 10.3 Å². The van der Waals surface area contributed by atoms with Crippen LogP contribution in [-0.4, -0.2) is 35.0 Å². The van der Waals surface area contributed by atoms with Gasteiger partial charge in [0.1, 0.15) is 11.8 Å². The number of hydrogen-bond acceptors (Lipinski definition) is 6. The minimum absolute atomic E-state index is 0.0453. The van der Waals surface area contributed by atoms with Gasteiger partial charge in [0.2, 0.25) is 5.88 Å². The van der Waals surface area contributed by atoms with Crippen molar-refractivity contribution in [3.63, 3.8) is 0 Å². The first-order valence-electron chi connectivity index (χ1n) is 6.88. The summed E-state index contributed by atoms with van der Waals surface area (Å²) in [5, 5.41) is 14.1. The standard InChI is InChI=1S/C13H18N4O4/c14-12(18)11-7-10(17(19)20)8-16-13(11)21-6-4-9-3-1-2-5-15-9/h7-9,15H,1-6H2,(H2,14,18). The van der Waals surface area contributed by atoms with Crippen molar-refractivity contribution >= 4 is 11.6 Å². The number of nitrogens with zero attached hydrogens (tertiary/aromatic N) is 2. The number of carbonyl (C=O) groups is 1. The van der Waals surface area contributed by atoms with Gasteiger partial charge >= 0.3 is 0 Å². The minimum Gasteiger partial charge on any atom is -0.477 e. The van der Waals surface area contributed by atoms with Gasteiger partial charge < -0.3 is 15.8 Å². The van der Waals surface area contributed by atoms with E-state index in [1.165, 1.54) is 12.8 Å². The smallest absolute Gasteiger partial charge is 0.288 e. The lowest BCUT2D eigenvalue weighted by Crippen LogP contribution is -2.35. The van der Waals surface area contributed by atoms with Crippen molar-refractivity contribution in [1.29, 1.82) is 0 Å². The van der Waals surface area contributed by atoms with Crippen molar-refractivity contribution in [2.24, 2.45) is 5.73 Å². The Kier molecular flexibility index (Phi) is 5.04. The van der Waals surface area contributed by atoms with Crippen molar-refractivity contribution in [2.45, 2.75) is 31.7 Å². The van der Waals surface area contributed by atoms with Crippen LogP contribution in [0, 0.1) is 10.1 Å². The second kappa shape index (κ2) is 6.98. The fourth-order valence-corrected chi connectivity index (χ4v) is 2.30. The normalized spacial score (nSPS) is 18.2. The number of pyridine rings is 1. The van der Waals surface area contributed by atoms with Crippen molar-refractivity contribution < 1.29 is 14.5 Å². The van der Waals surface area contributed by atoms with Crippen LogP contribution in [0.3, 0.4) is 0 Å². The van der Waals surface area contributed by atoms with Gasteiger partial charge in [-0.15, -0.1) is 0 Å². The molecule has 2 rings (SSSR count). The lowest BCUT2D eigenvalue weighted by atomic mass is 10.0. The highest BCUT2D eigenvalue weighted by molar-refractivity contribution is 5.95. The molecule has 3 N–H and O–H groups in total. The summed E-state index contributed by atoms with van der Waals surface area (Å²) in [5.74, 6) is -0.749. The Balaban J connectivity index is 1.98. The van der Waals surface area contributed by atoms with Crippen LogP contribution >= 0.6 is 0 Å². The van der Waals surface area contributed by atoms with Crippen LogP contribution in [0.5, 0.6) is 5.88 Å². The predicted molar refractivity (Wildman–Crippen MR) is 75.2 cm³/mol. The van der Waals surface area contributed by atoms with Crippen LogP contribution in [0.4, 0.5) is 5.69 Å². The molecule has 8 nitrogen and oxygen atoms in total. The highest BCUT2D eigenvalue weighted by Crippen LogP contribution is 2.21. The molecule has 1 unspecified atom stereocenters. The summed E-state index contributed by atoms with van der Waals surface area (Å²) in [6.45, 7) is 1.38. The van der Waals surface area contributed by atoms with Gasteiger partial charge in [-0.3, -0.25) is 14.9 Å². The zero-order valence-electron chi connectivity index (χ0n) is 11.6. The van der Waals surface area contributed by atoms with E-state index in [-0.39, 0.29) is 17.1 Å². The fourth-order valence-electron chi connectivity index (χ4n) is 2.30. The fraction of sp³-hybridized carbons (Fsp3) is 0.538. The third-order valence-electron chi connectivity index (χ3n) is 3.43. The summed E-state index contributed by atoms with van der Waals surface area (Å²) in [6, 6.07) is 1.48. The number of carbonyl (C=O) groups excluding carboxylic acids is 1. The molecule has 8 heteroatoms. The Labute approximate surface area is 121 Å². The summed E-state index contributed by atoms with van der Waals surface area (Å²) in [4.78, 5) is 25.2. The maximum Gasteiger partial charge on any atom is 0.288 e. The van der Waals surface area contributed by atoms with E-state index >= 15 is 0 Å². The molecule has 0 radical (unpaired) electrons. The zero-order chi connectivity index (χ0) is 15.2. The topological polar surface area (TPSA) is 120 Å². The quantitative estimate of drug-likeness (QED) is 0.596. The molecule has 1 amide bonds. The molecule has 1 fully saturated rings. The Bertz CT molecular complexity index is 529. The first-order chi connectivity index (χ1) is 10.1. The number of amides is 1. The second-order valence-electron chi connectivity index (χ2n) is 4.95. The molecule has 114 valence electrons. The SMILES string of the molecule is NC(=O)c1cc([N+](=O)[O-])cnc1OCCC1CCCCN1. The van der Waals surface area contributed by atoms with Crippen molar-refractivity contribution in [1.82, 2.24) is 10.3 Å². The van der Waals surface area contributed by atoms with Crippen LogP contribution < -0.4 is 15.8 Å². The van der Waals surface area contributed by atoms with E-state index < -0.39 is 10.8 Å². The molecular formula is C13H18N4O4. The zero-order valence-corrected chi connectivity index (χ0v) is 11.6. The average Bonchev–Trinajstić information content (AvgIpc) is 2.48. The molecule has 1 aliphatic rings. The average molecular weight is 294 g/mol. The maximum atomic E-state index is 11.3. The van der Waals surface area contributed by atoms with E-state index in [1.54, 1.807) is 0 Å². The summed E-state index contributed by atoms with van der Waals surface area (Å²) in [6.07, 6.45) is 5.32. The van der Waals surface area contributed by atoms with E-state index in [4.69, 9.17) is 10.5 Å². The van der Waals surface area contributed by atoms with Crippen LogP contribution in [0.1, 0.15) is 36.0 Å². The first-order valence-corrected chi connectivity index (χ1v) is 6.88. The Hall–Kier alpha value is -2.22. The molecule has 1 saturated heterocycles. The molecule has 1 aromatic rings. The summed E-state index contributed by atoms with van der Waals surface area (Å²) < 4.78 is 5.46. The van der Waals surface area contributed by atoms with E-state index in [0.717, 1.165) is 31.6 Å². The second-order valence-corrected chi connectivity index (χ2v) is 4.95. The third-order valence-corrected chi connectivity index (χ3v) is 3.43. The molecule has 0 bridgehead atoms. The highest BCUT2D eigenvalue weighted by atomic mass is 16.6. The molecule has 21 heavy (non-hydrogen) atoms. The largest absolute Gasteiger partial charge is 0.477 e. The lowest BCUT2D eigenvalue weighted by molar-refractivity contribution is -0.385. The molecule has 1 aromatic heterocycles. The number of nitrogens with one attached hydrogen (secondary N) is 1. The van der Waals surface area contributed by atoms with Gasteiger partial charge in [0.25, 0.3) is 11.6 Å². The Morgan fingerprint density at radius 1 is 1.57 bits per heavy atom. The van der Waals surface area contributed by atoms with Crippen LogP contribution in [0.25, 0.3) is 0 Å². The predicted octanol–water partition coefficient (Wildman–Crippen LogP) is 1.000. The summed E-state index contributed by atoms with van der Waals surface area (Å²) in [7, 11) is 0. The van der Waals surface area contributed by atoms with Gasteiger partial charge in [0, 0.05) is 12.1 Å². The molecule has 0 aromatic carbocycles. The number of primary amides is 1. The Morgan fingerprint density at radius 2 is 2.38 bits per heavy atom. The molecule has 1 aliphatic heterocycles.